The van der Waals surface area contributed by atoms with E-state index < -0.39 is 5.97 Å². The van der Waals surface area contributed by atoms with Gasteiger partial charge in [-0.1, -0.05) is 36.4 Å². The van der Waals surface area contributed by atoms with E-state index in [4.69, 9.17) is 14.2 Å². The van der Waals surface area contributed by atoms with E-state index >= 15 is 0 Å². The summed E-state index contributed by atoms with van der Waals surface area (Å²) in [7, 11) is 3.23. The quantitative estimate of drug-likeness (QED) is 0.445. The molecule has 0 aromatic heterocycles. The standard InChI is InChI=1S/C31H31NO5/c1-35-23-9-7-21(8-10-23)30(29-20-24(36-2)11-12-27(29)31(33)34)28-19-22(25-5-3-4-6-26(25)28)13-14-32-15-17-37-18-16-32/h3-12,19-20H,13-18H2,1-2H3,(H,33,34)/b30-28+. The Bertz CT molecular complexity index is 1350. The van der Waals surface area contributed by atoms with Crippen LogP contribution in [-0.2, 0) is 4.74 Å². The highest BCUT2D eigenvalue weighted by Crippen LogP contribution is 2.44. The number of carboxylic acids is 1. The fraction of sp³-hybridized carbons (Fsp3) is 0.258. The molecule has 1 saturated heterocycles. The van der Waals surface area contributed by atoms with Gasteiger partial charge in [-0.15, -0.1) is 0 Å². The molecule has 6 nitrogen and oxygen atoms in total. The Hall–Kier alpha value is -3.87. The third-order valence-corrected chi connectivity index (χ3v) is 7.06. The largest absolute Gasteiger partial charge is 0.497 e. The summed E-state index contributed by atoms with van der Waals surface area (Å²) in [5.41, 5.74) is 7.16. The van der Waals surface area contributed by atoms with Gasteiger partial charge in [0.05, 0.1) is 33.0 Å². The molecule has 190 valence electrons. The Morgan fingerprint density at radius 3 is 2.24 bits per heavy atom. The molecular weight excluding hydrogens is 466 g/mol. The molecule has 0 radical (unpaired) electrons. The average molecular weight is 498 g/mol. The fourth-order valence-electron chi connectivity index (χ4n) is 5.10. The minimum atomic E-state index is -0.980. The number of ether oxygens (including phenoxy) is 3. The maximum Gasteiger partial charge on any atom is 0.336 e. The molecule has 3 aromatic carbocycles. The zero-order chi connectivity index (χ0) is 25.8. The molecule has 1 aliphatic heterocycles. The number of carboxylic acid groups (broad SMARTS) is 1. The Labute approximate surface area is 217 Å². The number of nitrogens with zero attached hydrogens (tertiary/aromatic N) is 1. The van der Waals surface area contributed by atoms with E-state index in [2.05, 4.69) is 29.2 Å². The number of hydrogen-bond donors (Lipinski definition) is 1. The van der Waals surface area contributed by atoms with Gasteiger partial charge in [0.1, 0.15) is 11.5 Å². The van der Waals surface area contributed by atoms with Gasteiger partial charge in [-0.25, -0.2) is 4.79 Å². The second-order valence-electron chi connectivity index (χ2n) is 9.15. The highest BCUT2D eigenvalue weighted by atomic mass is 16.5. The lowest BCUT2D eigenvalue weighted by atomic mass is 9.87. The maximum atomic E-state index is 12.3. The number of fused-ring (bicyclic) bond motifs is 1. The lowest BCUT2D eigenvalue weighted by Gasteiger charge is -2.26. The van der Waals surface area contributed by atoms with Crippen molar-refractivity contribution in [1.29, 1.82) is 0 Å². The first-order chi connectivity index (χ1) is 18.1. The second-order valence-corrected chi connectivity index (χ2v) is 9.15. The Balaban J connectivity index is 1.70. The number of benzene rings is 3. The van der Waals surface area contributed by atoms with E-state index in [1.54, 1.807) is 26.4 Å². The van der Waals surface area contributed by atoms with Crippen LogP contribution < -0.4 is 9.47 Å². The zero-order valence-electron chi connectivity index (χ0n) is 21.2. The lowest BCUT2D eigenvalue weighted by Crippen LogP contribution is -2.36. The summed E-state index contributed by atoms with van der Waals surface area (Å²) in [6, 6.07) is 21.3. The molecular formula is C31H31NO5. The molecule has 0 atom stereocenters. The number of aromatic carboxylic acids is 1. The van der Waals surface area contributed by atoms with Gasteiger partial charge < -0.3 is 19.3 Å². The molecule has 1 aliphatic carbocycles. The molecule has 1 N–H and O–H groups in total. The number of allylic oxidation sites excluding steroid dienone is 2. The lowest BCUT2D eigenvalue weighted by molar-refractivity contribution is 0.0390. The molecule has 5 rings (SSSR count). The predicted molar refractivity (Wildman–Crippen MR) is 145 cm³/mol. The van der Waals surface area contributed by atoms with Gasteiger partial charge in [-0.2, -0.15) is 0 Å². The number of hydrogen-bond acceptors (Lipinski definition) is 5. The van der Waals surface area contributed by atoms with E-state index in [1.165, 1.54) is 11.1 Å². The topological polar surface area (TPSA) is 68.2 Å². The number of rotatable bonds is 8. The molecule has 37 heavy (non-hydrogen) atoms. The molecule has 0 bridgehead atoms. The van der Waals surface area contributed by atoms with Crippen LogP contribution in [0.1, 0.15) is 39.0 Å². The van der Waals surface area contributed by atoms with Gasteiger partial charge in [-0.05, 0) is 76.2 Å². The second kappa shape index (κ2) is 11.0. The van der Waals surface area contributed by atoms with Crippen LogP contribution in [0.3, 0.4) is 0 Å². The molecule has 1 fully saturated rings. The smallest absolute Gasteiger partial charge is 0.336 e. The van der Waals surface area contributed by atoms with Crippen molar-refractivity contribution in [2.75, 3.05) is 47.1 Å². The third-order valence-electron chi connectivity index (χ3n) is 7.06. The summed E-state index contributed by atoms with van der Waals surface area (Å²) >= 11 is 0. The minimum Gasteiger partial charge on any atom is -0.497 e. The van der Waals surface area contributed by atoms with Crippen molar-refractivity contribution in [3.05, 3.63) is 101 Å². The Kier molecular flexibility index (Phi) is 7.40. The Morgan fingerprint density at radius 2 is 1.57 bits per heavy atom. The number of morpholine rings is 1. The van der Waals surface area contributed by atoms with Crippen LogP contribution in [0.15, 0.2) is 72.8 Å². The van der Waals surface area contributed by atoms with Crippen molar-refractivity contribution in [2.24, 2.45) is 0 Å². The first-order valence-electron chi connectivity index (χ1n) is 12.5. The first kappa shape index (κ1) is 24.8. The summed E-state index contributed by atoms with van der Waals surface area (Å²) in [4.78, 5) is 14.8. The van der Waals surface area contributed by atoms with Crippen molar-refractivity contribution in [3.63, 3.8) is 0 Å². The van der Waals surface area contributed by atoms with Crippen LogP contribution in [0, 0.1) is 0 Å². The third kappa shape index (κ3) is 5.17. The summed E-state index contributed by atoms with van der Waals surface area (Å²) in [5, 5.41) is 10.1. The summed E-state index contributed by atoms with van der Waals surface area (Å²) in [5.74, 6) is 0.368. The van der Waals surface area contributed by atoms with Crippen molar-refractivity contribution in [1.82, 2.24) is 4.90 Å². The fourth-order valence-corrected chi connectivity index (χ4v) is 5.10. The number of carbonyl (C=O) groups is 1. The van der Waals surface area contributed by atoms with Crippen molar-refractivity contribution < 1.29 is 24.1 Å². The normalized spacial score (nSPS) is 16.6. The highest BCUT2D eigenvalue weighted by molar-refractivity contribution is 6.12. The van der Waals surface area contributed by atoms with Gasteiger partial charge in [0, 0.05) is 25.2 Å². The monoisotopic (exact) mass is 497 g/mol. The maximum absolute atomic E-state index is 12.3. The van der Waals surface area contributed by atoms with Gasteiger partial charge in [-0.3, -0.25) is 4.90 Å². The van der Waals surface area contributed by atoms with Gasteiger partial charge in [0.15, 0.2) is 0 Å². The van der Waals surface area contributed by atoms with Crippen LogP contribution >= 0.6 is 0 Å². The molecule has 0 spiro atoms. The molecule has 3 aromatic rings. The molecule has 0 amide bonds. The van der Waals surface area contributed by atoms with E-state index in [0.29, 0.717) is 11.3 Å². The highest BCUT2D eigenvalue weighted by Gasteiger charge is 2.26. The molecule has 2 aliphatic rings. The van der Waals surface area contributed by atoms with Gasteiger partial charge >= 0.3 is 5.97 Å². The minimum absolute atomic E-state index is 0.228. The van der Waals surface area contributed by atoms with Crippen molar-refractivity contribution in [2.45, 2.75) is 6.42 Å². The van der Waals surface area contributed by atoms with E-state index in [1.807, 2.05) is 36.4 Å². The SMILES string of the molecule is COc1ccc(/C(=C2/C=C(CCN3CCOCC3)c3ccccc32)c2cc(OC)ccc2C(=O)O)cc1. The van der Waals surface area contributed by atoms with Crippen molar-refractivity contribution >= 4 is 22.7 Å². The van der Waals surface area contributed by atoms with E-state index in [9.17, 15) is 9.90 Å². The summed E-state index contributed by atoms with van der Waals surface area (Å²) in [6.45, 7) is 4.39. The van der Waals surface area contributed by atoms with Crippen LogP contribution in [0.2, 0.25) is 0 Å². The molecule has 6 heteroatoms. The average Bonchev–Trinajstić information content (AvgIpc) is 3.31. The van der Waals surface area contributed by atoms with Gasteiger partial charge in [0.25, 0.3) is 0 Å². The van der Waals surface area contributed by atoms with Crippen LogP contribution in [0.25, 0.3) is 16.7 Å². The summed E-state index contributed by atoms with van der Waals surface area (Å²) < 4.78 is 16.4. The molecule has 0 saturated carbocycles. The first-order valence-corrected chi connectivity index (χ1v) is 12.5. The zero-order valence-corrected chi connectivity index (χ0v) is 21.2. The number of methoxy groups -OCH3 is 2. The predicted octanol–water partition coefficient (Wildman–Crippen LogP) is 5.48. The van der Waals surface area contributed by atoms with Gasteiger partial charge in [0.2, 0.25) is 0 Å². The van der Waals surface area contributed by atoms with Crippen LogP contribution in [-0.4, -0.2) is 63.0 Å². The van der Waals surface area contributed by atoms with E-state index in [-0.39, 0.29) is 5.56 Å². The van der Waals surface area contributed by atoms with Crippen LogP contribution in [0.4, 0.5) is 0 Å². The van der Waals surface area contributed by atoms with Crippen molar-refractivity contribution in [3.8, 4) is 11.5 Å². The summed E-state index contributed by atoms with van der Waals surface area (Å²) in [6.07, 6.45) is 3.14. The molecule has 1 heterocycles. The van der Waals surface area contributed by atoms with Crippen LogP contribution in [0.5, 0.6) is 11.5 Å². The molecule has 0 unspecified atom stereocenters. The Morgan fingerprint density at radius 1 is 0.892 bits per heavy atom. The van der Waals surface area contributed by atoms with E-state index in [0.717, 1.165) is 67.3 Å².